The van der Waals surface area contributed by atoms with Crippen molar-refractivity contribution in [3.8, 4) is 0 Å². The Kier molecular flexibility index (Phi) is 2.31. The number of aryl methyl sites for hydroxylation is 1. The average Bonchev–Trinajstić information content (AvgIpc) is 2.71. The molecule has 0 atom stereocenters. The van der Waals surface area contributed by atoms with Gasteiger partial charge in [-0.2, -0.15) is 0 Å². The van der Waals surface area contributed by atoms with Gasteiger partial charge in [0.15, 0.2) is 0 Å². The van der Waals surface area contributed by atoms with Gasteiger partial charge in [-0.15, -0.1) is 0 Å². The van der Waals surface area contributed by atoms with Crippen LogP contribution in [-0.2, 0) is 6.42 Å². The molecule has 66 valence electrons. The van der Waals surface area contributed by atoms with Gasteiger partial charge in [0, 0.05) is 0 Å². The lowest BCUT2D eigenvalue weighted by Gasteiger charge is -2.02. The van der Waals surface area contributed by atoms with E-state index in [1.807, 2.05) is 0 Å². The average molecular weight is 170 g/mol. The molecule has 0 unspecified atom stereocenters. The molecule has 0 spiro atoms. The van der Waals surface area contributed by atoms with Gasteiger partial charge in [-0.3, -0.25) is 0 Å². The highest BCUT2D eigenvalue weighted by molar-refractivity contribution is 5.70. The first-order valence-electron chi connectivity index (χ1n) is 4.85. The second kappa shape index (κ2) is 3.61. The van der Waals surface area contributed by atoms with Gasteiger partial charge in [0.25, 0.3) is 0 Å². The third kappa shape index (κ3) is 1.72. The molecule has 0 aliphatic heterocycles. The van der Waals surface area contributed by atoms with E-state index in [9.17, 15) is 0 Å². The van der Waals surface area contributed by atoms with E-state index in [0.29, 0.717) is 0 Å². The third-order valence-corrected chi connectivity index (χ3v) is 2.50. The van der Waals surface area contributed by atoms with Crippen LogP contribution in [0.5, 0.6) is 0 Å². The fraction of sp³-hybridized carbons (Fsp3) is 0.231. The van der Waals surface area contributed by atoms with E-state index >= 15 is 0 Å². The highest BCUT2D eigenvalue weighted by Crippen LogP contribution is 2.23. The monoisotopic (exact) mass is 170 g/mol. The van der Waals surface area contributed by atoms with Gasteiger partial charge in [0.2, 0.25) is 0 Å². The molecule has 1 aliphatic carbocycles. The molecule has 0 heterocycles. The van der Waals surface area contributed by atoms with Crippen molar-refractivity contribution in [2.45, 2.75) is 19.8 Å². The highest BCUT2D eigenvalue weighted by Gasteiger charge is 2.01. The van der Waals surface area contributed by atoms with Gasteiger partial charge in [0.1, 0.15) is 0 Å². The van der Waals surface area contributed by atoms with Crippen molar-refractivity contribution in [1.82, 2.24) is 0 Å². The molecular weight excluding hydrogens is 156 g/mol. The summed E-state index contributed by atoms with van der Waals surface area (Å²) in [5.41, 5.74) is 4.21. The molecule has 1 aromatic carbocycles. The van der Waals surface area contributed by atoms with Gasteiger partial charge in [0.05, 0.1) is 0 Å². The topological polar surface area (TPSA) is 0 Å². The largest absolute Gasteiger partial charge is 0.0801 e. The van der Waals surface area contributed by atoms with Gasteiger partial charge >= 0.3 is 0 Å². The minimum absolute atomic E-state index is 1.09. The second-order valence-corrected chi connectivity index (χ2v) is 3.37. The SMILES string of the molecule is CCc1ccc(C2=CC=CC2)cc1. The Morgan fingerprint density at radius 3 is 2.46 bits per heavy atom. The lowest BCUT2D eigenvalue weighted by Crippen LogP contribution is -1.83. The summed E-state index contributed by atoms with van der Waals surface area (Å²) >= 11 is 0. The van der Waals surface area contributed by atoms with E-state index in [4.69, 9.17) is 0 Å². The summed E-state index contributed by atoms with van der Waals surface area (Å²) in [6.45, 7) is 2.19. The van der Waals surface area contributed by atoms with Crippen LogP contribution in [0.4, 0.5) is 0 Å². The molecule has 0 saturated heterocycles. The fourth-order valence-electron chi connectivity index (χ4n) is 1.62. The van der Waals surface area contributed by atoms with Gasteiger partial charge in [-0.25, -0.2) is 0 Å². The Morgan fingerprint density at radius 1 is 1.15 bits per heavy atom. The Bertz CT molecular complexity index is 339. The van der Waals surface area contributed by atoms with Crippen LogP contribution in [0, 0.1) is 0 Å². The lowest BCUT2D eigenvalue weighted by atomic mass is 10.0. The second-order valence-electron chi connectivity index (χ2n) is 3.37. The Morgan fingerprint density at radius 2 is 1.92 bits per heavy atom. The van der Waals surface area contributed by atoms with Crippen molar-refractivity contribution in [3.63, 3.8) is 0 Å². The summed E-state index contributed by atoms with van der Waals surface area (Å²) in [5, 5.41) is 0. The number of allylic oxidation sites excluding steroid dienone is 4. The first-order valence-corrected chi connectivity index (χ1v) is 4.85. The van der Waals surface area contributed by atoms with Crippen molar-refractivity contribution < 1.29 is 0 Å². The Labute approximate surface area is 79.6 Å². The van der Waals surface area contributed by atoms with E-state index in [2.05, 4.69) is 49.4 Å². The molecule has 2 rings (SSSR count). The van der Waals surface area contributed by atoms with Gasteiger partial charge in [-0.1, -0.05) is 49.4 Å². The fourth-order valence-corrected chi connectivity index (χ4v) is 1.62. The Balaban J connectivity index is 2.23. The molecule has 1 aromatic rings. The van der Waals surface area contributed by atoms with Crippen LogP contribution in [-0.4, -0.2) is 0 Å². The van der Waals surface area contributed by atoms with E-state index in [-0.39, 0.29) is 0 Å². The highest BCUT2D eigenvalue weighted by atomic mass is 14.1. The summed E-state index contributed by atoms with van der Waals surface area (Å²) in [7, 11) is 0. The molecule has 0 amide bonds. The number of hydrogen-bond acceptors (Lipinski definition) is 0. The minimum atomic E-state index is 1.09. The molecule has 1 aliphatic rings. The van der Waals surface area contributed by atoms with Gasteiger partial charge in [-0.05, 0) is 29.5 Å². The third-order valence-electron chi connectivity index (χ3n) is 2.50. The molecule has 0 radical (unpaired) electrons. The predicted molar refractivity (Wildman–Crippen MR) is 57.6 cm³/mol. The van der Waals surface area contributed by atoms with Crippen LogP contribution in [0.2, 0.25) is 0 Å². The molecule has 0 N–H and O–H groups in total. The molecule has 0 saturated carbocycles. The first-order chi connectivity index (χ1) is 6.40. The standard InChI is InChI=1S/C13H14/c1-2-11-7-9-13(10-8-11)12-5-3-4-6-12/h3-5,7-10H,2,6H2,1H3. The van der Waals surface area contributed by atoms with Crippen molar-refractivity contribution in [1.29, 1.82) is 0 Å². The summed E-state index contributed by atoms with van der Waals surface area (Å²) in [4.78, 5) is 0. The van der Waals surface area contributed by atoms with Crippen molar-refractivity contribution >= 4 is 5.57 Å². The maximum atomic E-state index is 2.22. The maximum Gasteiger partial charge on any atom is -0.00884 e. The zero-order valence-electron chi connectivity index (χ0n) is 7.96. The maximum absolute atomic E-state index is 2.22. The minimum Gasteiger partial charge on any atom is -0.0801 e. The lowest BCUT2D eigenvalue weighted by molar-refractivity contribution is 1.14. The molecule has 0 bridgehead atoms. The van der Waals surface area contributed by atoms with Crippen LogP contribution >= 0.6 is 0 Å². The van der Waals surface area contributed by atoms with E-state index < -0.39 is 0 Å². The van der Waals surface area contributed by atoms with Gasteiger partial charge < -0.3 is 0 Å². The molecule has 0 fully saturated rings. The van der Waals surface area contributed by atoms with E-state index in [0.717, 1.165) is 12.8 Å². The van der Waals surface area contributed by atoms with Crippen molar-refractivity contribution in [2.24, 2.45) is 0 Å². The normalized spacial score (nSPS) is 14.7. The summed E-state index contributed by atoms with van der Waals surface area (Å²) < 4.78 is 0. The van der Waals surface area contributed by atoms with E-state index in [1.54, 1.807) is 0 Å². The predicted octanol–water partition coefficient (Wildman–Crippen LogP) is 3.59. The summed E-state index contributed by atoms with van der Waals surface area (Å²) in [5.74, 6) is 0. The quantitative estimate of drug-likeness (QED) is 0.636. The molecule has 13 heavy (non-hydrogen) atoms. The van der Waals surface area contributed by atoms with Crippen LogP contribution in [0.1, 0.15) is 24.5 Å². The first kappa shape index (κ1) is 8.31. The molecule has 0 nitrogen and oxygen atoms in total. The van der Waals surface area contributed by atoms with Crippen LogP contribution in [0.3, 0.4) is 0 Å². The zero-order valence-corrected chi connectivity index (χ0v) is 7.96. The van der Waals surface area contributed by atoms with Crippen molar-refractivity contribution in [3.05, 3.63) is 53.6 Å². The smallest absolute Gasteiger partial charge is 0.00884 e. The number of hydrogen-bond donors (Lipinski definition) is 0. The zero-order chi connectivity index (χ0) is 9.10. The summed E-state index contributed by atoms with van der Waals surface area (Å²) in [6, 6.07) is 8.87. The van der Waals surface area contributed by atoms with Crippen LogP contribution in [0.15, 0.2) is 42.5 Å². The van der Waals surface area contributed by atoms with Crippen LogP contribution in [0.25, 0.3) is 5.57 Å². The number of rotatable bonds is 2. The molecule has 0 heteroatoms. The molecule has 0 aromatic heterocycles. The Hall–Kier alpha value is -1.30. The van der Waals surface area contributed by atoms with E-state index in [1.165, 1.54) is 16.7 Å². The molecular formula is C13H14. The van der Waals surface area contributed by atoms with Crippen molar-refractivity contribution in [2.75, 3.05) is 0 Å². The summed E-state index contributed by atoms with van der Waals surface area (Å²) in [6.07, 6.45) is 8.73. The van der Waals surface area contributed by atoms with Crippen LogP contribution < -0.4 is 0 Å². The number of benzene rings is 1.